The first kappa shape index (κ1) is 7.71. The first-order valence-corrected chi connectivity index (χ1v) is 3.26. The van der Waals surface area contributed by atoms with E-state index >= 15 is 0 Å². The van der Waals surface area contributed by atoms with Crippen LogP contribution in [-0.2, 0) is 0 Å². The summed E-state index contributed by atoms with van der Waals surface area (Å²) in [6.07, 6.45) is 0. The molecule has 0 radical (unpaired) electrons. The molecule has 0 aromatic carbocycles. The minimum absolute atomic E-state index is 0.0557. The average Bonchev–Trinajstić information content (AvgIpc) is 1.80. The van der Waals surface area contributed by atoms with Crippen LogP contribution in [0.3, 0.4) is 0 Å². The number of carbonyl (C=O) groups is 2. The lowest BCUT2D eigenvalue weighted by Crippen LogP contribution is -2.52. The summed E-state index contributed by atoms with van der Waals surface area (Å²) in [7, 11) is 0. The van der Waals surface area contributed by atoms with Crippen LogP contribution >= 0.6 is 0 Å². The number of carbonyl (C=O) groups excluding carboxylic acids is 2. The first-order valence-electron chi connectivity index (χ1n) is 3.26. The van der Waals surface area contributed by atoms with Gasteiger partial charge in [-0.1, -0.05) is 13.8 Å². The molecule has 0 spiro atoms. The van der Waals surface area contributed by atoms with Gasteiger partial charge in [-0.3, -0.25) is 0 Å². The number of imide groups is 1. The van der Waals surface area contributed by atoms with Crippen LogP contribution in [0.5, 0.6) is 0 Å². The summed E-state index contributed by atoms with van der Waals surface area (Å²) in [5.74, 6) is 0.503. The van der Waals surface area contributed by atoms with Crippen LogP contribution in [0.2, 0.25) is 0 Å². The molecule has 4 amide bonds. The molecule has 0 unspecified atom stereocenters. The second-order valence-corrected chi connectivity index (χ2v) is 2.58. The lowest BCUT2D eigenvalue weighted by atomic mass is 10.1. The Hall–Kier alpha value is -1.39. The Morgan fingerprint density at radius 2 is 2.18 bits per heavy atom. The third-order valence-corrected chi connectivity index (χ3v) is 1.37. The molecule has 1 rings (SSSR count). The predicted octanol–water partition coefficient (Wildman–Crippen LogP) is 0.555. The normalized spacial score (nSPS) is 16.5. The maximum absolute atomic E-state index is 10.6. The van der Waals surface area contributed by atoms with E-state index in [0.29, 0.717) is 5.84 Å². The average molecular weight is 155 g/mol. The Balaban J connectivity index is 2.80. The van der Waals surface area contributed by atoms with Crippen molar-refractivity contribution >= 4 is 17.9 Å². The molecule has 0 saturated heterocycles. The predicted molar refractivity (Wildman–Crippen MR) is 39.1 cm³/mol. The lowest BCUT2D eigenvalue weighted by Gasteiger charge is -2.27. The highest BCUT2D eigenvalue weighted by Crippen LogP contribution is 2.14. The number of urea groups is 2. The zero-order valence-electron chi connectivity index (χ0n) is 6.37. The van der Waals surface area contributed by atoms with Crippen molar-refractivity contribution in [2.24, 2.45) is 16.6 Å². The van der Waals surface area contributed by atoms with Gasteiger partial charge in [0.25, 0.3) is 0 Å². The van der Waals surface area contributed by atoms with Crippen LogP contribution in [0.25, 0.3) is 0 Å². The minimum Gasteiger partial charge on any atom is -0.351 e. The van der Waals surface area contributed by atoms with Gasteiger partial charge in [-0.25, -0.2) is 9.59 Å². The summed E-state index contributed by atoms with van der Waals surface area (Å²) in [5.41, 5.74) is 4.90. The van der Waals surface area contributed by atoms with Gasteiger partial charge in [-0.05, 0) is 0 Å². The molecule has 5 nitrogen and oxygen atoms in total. The lowest BCUT2D eigenvalue weighted by molar-refractivity contribution is 0.208. The van der Waals surface area contributed by atoms with E-state index in [-0.39, 0.29) is 5.92 Å². The SMILES string of the molecule is CC(C)C1=NC(=O)N1C(N)=O. The molecule has 60 valence electrons. The van der Waals surface area contributed by atoms with Crippen molar-refractivity contribution in [3.8, 4) is 0 Å². The van der Waals surface area contributed by atoms with Crippen molar-refractivity contribution in [3.63, 3.8) is 0 Å². The fraction of sp³-hybridized carbons (Fsp3) is 0.500. The van der Waals surface area contributed by atoms with Gasteiger partial charge in [0, 0.05) is 5.92 Å². The van der Waals surface area contributed by atoms with Gasteiger partial charge in [0.05, 0.1) is 0 Å². The van der Waals surface area contributed by atoms with Gasteiger partial charge in [-0.2, -0.15) is 9.89 Å². The molecular weight excluding hydrogens is 146 g/mol. The molecule has 2 N–H and O–H groups in total. The summed E-state index contributed by atoms with van der Waals surface area (Å²) < 4.78 is 0. The molecule has 5 heteroatoms. The topological polar surface area (TPSA) is 75.8 Å². The second-order valence-electron chi connectivity index (χ2n) is 2.58. The molecule has 0 saturated carbocycles. The molecular formula is C6H9N3O2. The summed E-state index contributed by atoms with van der Waals surface area (Å²) in [4.78, 5) is 25.6. The van der Waals surface area contributed by atoms with Crippen LogP contribution in [0, 0.1) is 5.92 Å². The van der Waals surface area contributed by atoms with E-state index in [1.807, 2.05) is 13.8 Å². The van der Waals surface area contributed by atoms with Crippen molar-refractivity contribution in [3.05, 3.63) is 0 Å². The maximum Gasteiger partial charge on any atom is 0.359 e. The van der Waals surface area contributed by atoms with E-state index in [2.05, 4.69) is 4.99 Å². The number of amides is 4. The fourth-order valence-electron chi connectivity index (χ4n) is 0.846. The molecule has 11 heavy (non-hydrogen) atoms. The number of amidine groups is 1. The first-order chi connectivity index (χ1) is 5.04. The third-order valence-electron chi connectivity index (χ3n) is 1.37. The highest BCUT2D eigenvalue weighted by Gasteiger charge is 2.34. The van der Waals surface area contributed by atoms with Crippen LogP contribution < -0.4 is 5.73 Å². The number of hydrogen-bond acceptors (Lipinski definition) is 2. The standard InChI is InChI=1S/C6H9N3O2/c1-3(2)4-8-6(11)9(4)5(7)10/h3H,1-2H3,(H2,7,10). The smallest absolute Gasteiger partial charge is 0.351 e. The Morgan fingerprint density at radius 1 is 1.64 bits per heavy atom. The Labute approximate surface area is 63.9 Å². The highest BCUT2D eigenvalue weighted by molar-refractivity contribution is 6.22. The highest BCUT2D eigenvalue weighted by atomic mass is 16.2. The molecule has 0 fully saturated rings. The number of rotatable bonds is 1. The summed E-state index contributed by atoms with van der Waals surface area (Å²) >= 11 is 0. The maximum atomic E-state index is 10.6. The molecule has 0 aliphatic carbocycles. The second kappa shape index (κ2) is 2.34. The molecule has 0 aromatic rings. The van der Waals surface area contributed by atoms with E-state index in [9.17, 15) is 9.59 Å². The van der Waals surface area contributed by atoms with Crippen molar-refractivity contribution in [1.82, 2.24) is 4.90 Å². The largest absolute Gasteiger partial charge is 0.359 e. The summed E-state index contributed by atoms with van der Waals surface area (Å²) in [5, 5.41) is 0. The van der Waals surface area contributed by atoms with Gasteiger partial charge >= 0.3 is 12.1 Å². The number of primary amides is 1. The van der Waals surface area contributed by atoms with Crippen molar-refractivity contribution in [1.29, 1.82) is 0 Å². The van der Waals surface area contributed by atoms with Crippen molar-refractivity contribution in [2.45, 2.75) is 13.8 Å². The third kappa shape index (κ3) is 1.09. The number of nitrogens with zero attached hydrogens (tertiary/aromatic N) is 2. The zero-order valence-corrected chi connectivity index (χ0v) is 6.37. The number of nitrogens with two attached hydrogens (primary N) is 1. The van der Waals surface area contributed by atoms with Crippen LogP contribution in [0.4, 0.5) is 9.59 Å². The van der Waals surface area contributed by atoms with E-state index in [1.165, 1.54) is 0 Å². The molecule has 0 bridgehead atoms. The Bertz CT molecular complexity index is 244. The Kier molecular flexibility index (Phi) is 1.64. The molecule has 1 heterocycles. The van der Waals surface area contributed by atoms with E-state index < -0.39 is 12.1 Å². The van der Waals surface area contributed by atoms with Gasteiger partial charge in [0.15, 0.2) is 0 Å². The summed E-state index contributed by atoms with van der Waals surface area (Å²) in [6, 6.07) is -1.32. The molecule has 0 aromatic heterocycles. The quantitative estimate of drug-likeness (QED) is 0.600. The van der Waals surface area contributed by atoms with Gasteiger partial charge in [0.2, 0.25) is 0 Å². The Morgan fingerprint density at radius 3 is 2.36 bits per heavy atom. The van der Waals surface area contributed by atoms with Gasteiger partial charge in [0.1, 0.15) is 5.84 Å². The fourth-order valence-corrected chi connectivity index (χ4v) is 0.846. The van der Waals surface area contributed by atoms with Crippen molar-refractivity contribution < 1.29 is 9.59 Å². The van der Waals surface area contributed by atoms with E-state index in [1.54, 1.807) is 0 Å². The van der Waals surface area contributed by atoms with Crippen LogP contribution in [0.15, 0.2) is 4.99 Å². The van der Waals surface area contributed by atoms with Gasteiger partial charge < -0.3 is 5.73 Å². The van der Waals surface area contributed by atoms with E-state index in [4.69, 9.17) is 5.73 Å². The molecule has 1 aliphatic rings. The van der Waals surface area contributed by atoms with Crippen molar-refractivity contribution in [2.75, 3.05) is 0 Å². The van der Waals surface area contributed by atoms with E-state index in [0.717, 1.165) is 4.90 Å². The van der Waals surface area contributed by atoms with Crippen LogP contribution in [-0.4, -0.2) is 22.8 Å². The van der Waals surface area contributed by atoms with Gasteiger partial charge in [-0.15, -0.1) is 0 Å². The number of hydrogen-bond donors (Lipinski definition) is 1. The monoisotopic (exact) mass is 155 g/mol. The number of aliphatic imine (C=N–C) groups is 1. The summed E-state index contributed by atoms with van der Waals surface area (Å²) in [6.45, 7) is 3.67. The minimum atomic E-state index is -0.756. The van der Waals surface area contributed by atoms with Crippen LogP contribution in [0.1, 0.15) is 13.8 Å². The zero-order chi connectivity index (χ0) is 8.59. The molecule has 1 aliphatic heterocycles. The molecule has 0 atom stereocenters.